The molecule has 0 bridgehead atoms. The molecule has 2 aliphatic rings. The first-order chi connectivity index (χ1) is 22.0. The van der Waals surface area contributed by atoms with Crippen molar-refractivity contribution in [3.05, 3.63) is 103 Å². The molecule has 2 aromatic rings. The molecule has 2 aromatic carbocycles. The van der Waals surface area contributed by atoms with E-state index in [1.54, 1.807) is 22.8 Å². The zero-order valence-electron chi connectivity index (χ0n) is 24.9. The molecular weight excluding hydrogens is 682 g/mol. The van der Waals surface area contributed by atoms with E-state index < -0.39 is 95.0 Å². The van der Waals surface area contributed by atoms with E-state index in [2.05, 4.69) is 0 Å². The van der Waals surface area contributed by atoms with Gasteiger partial charge in [-0.1, -0.05) is 0 Å². The molecule has 2 unspecified atom stereocenters. The molecule has 0 radical (unpaired) electrons. The fraction of sp³-hybridized carbons (Fsp3) is 0.312. The van der Waals surface area contributed by atoms with Crippen LogP contribution in [0.4, 0.5) is 43.9 Å². The SMILES string of the molecule is CCC(NC(=O)C(F)(F)F)c1ccc(F)[c]([Ti]([C]2=CC=CC2)([C]2=CC=CC2)[c]2c(F)ccc(C(CC)NC(=O)C(F)(F)F)c2F)c1F. The van der Waals surface area contributed by atoms with Crippen molar-refractivity contribution >= 4 is 19.6 Å². The second kappa shape index (κ2) is 13.8. The number of benzene rings is 2. The van der Waals surface area contributed by atoms with Crippen molar-refractivity contribution in [3.63, 3.8) is 0 Å². The number of allylic oxidation sites excluding steroid dienone is 8. The number of alkyl halides is 6. The van der Waals surface area contributed by atoms with Crippen LogP contribution in [-0.4, -0.2) is 24.2 Å². The van der Waals surface area contributed by atoms with Gasteiger partial charge in [-0.2, -0.15) is 0 Å². The summed E-state index contributed by atoms with van der Waals surface area (Å²) in [5.74, 6) is -10.1. The normalized spacial score (nSPS) is 16.2. The monoisotopic (exact) mass is 710 g/mol. The molecule has 0 saturated carbocycles. The van der Waals surface area contributed by atoms with Gasteiger partial charge in [-0.25, -0.2) is 0 Å². The number of carbonyl (C=O) groups is 2. The fourth-order valence-electron chi connectivity index (χ4n) is 6.07. The number of rotatable bonds is 10. The summed E-state index contributed by atoms with van der Waals surface area (Å²) in [5.41, 5.74) is -1.12. The van der Waals surface area contributed by atoms with Gasteiger partial charge >= 0.3 is 267 Å². The molecule has 2 amide bonds. The molecule has 0 heterocycles. The Kier molecular flexibility index (Phi) is 10.7. The van der Waals surface area contributed by atoms with E-state index in [0.717, 1.165) is 24.3 Å². The summed E-state index contributed by atoms with van der Waals surface area (Å²) in [5, 5.41) is 3.37. The van der Waals surface area contributed by atoms with Gasteiger partial charge in [0.2, 0.25) is 0 Å². The van der Waals surface area contributed by atoms with Crippen LogP contribution in [0.5, 0.6) is 0 Å². The van der Waals surface area contributed by atoms with Gasteiger partial charge in [0.15, 0.2) is 0 Å². The Balaban J connectivity index is 2.08. The van der Waals surface area contributed by atoms with Gasteiger partial charge in [0.1, 0.15) is 0 Å². The zero-order chi connectivity index (χ0) is 34.9. The summed E-state index contributed by atoms with van der Waals surface area (Å²) in [6.45, 7) is 2.68. The number of carbonyl (C=O) groups excluding carboxylic acids is 2. The molecule has 0 spiro atoms. The van der Waals surface area contributed by atoms with Crippen LogP contribution in [0.3, 0.4) is 0 Å². The van der Waals surface area contributed by atoms with E-state index in [1.165, 1.54) is 38.2 Å². The molecule has 15 heteroatoms. The number of hydrogen-bond acceptors (Lipinski definition) is 2. The molecule has 2 N–H and O–H groups in total. The number of halogens is 10. The second-order valence-corrected chi connectivity index (χ2v) is 16.8. The molecular formula is C32H28F10N2O2Ti. The van der Waals surface area contributed by atoms with E-state index in [0.29, 0.717) is 0 Å². The van der Waals surface area contributed by atoms with Gasteiger partial charge in [0.25, 0.3) is 0 Å². The molecule has 47 heavy (non-hydrogen) atoms. The van der Waals surface area contributed by atoms with Crippen molar-refractivity contribution < 1.29 is 70.1 Å². The predicted octanol–water partition coefficient (Wildman–Crippen LogP) is 7.29. The minimum atomic E-state index is -5.57. The standard InChI is InChI=1S/2C11H9F5NO.2C5H5.Ti/c2*1-2-9(17-10(18)11(14,15)16)7-4-3-6(12)5-8(7)13;2*1-2-4-5-3-1;/h2*3-4,9H,2H2,1H3,(H,17,18);2*1-3H,4H2;. The van der Waals surface area contributed by atoms with Crippen molar-refractivity contribution in [2.45, 2.75) is 64.0 Å². The molecule has 0 aromatic heterocycles. The Labute approximate surface area is 266 Å². The Morgan fingerprint density at radius 3 is 1.32 bits per heavy atom. The molecule has 2 atom stereocenters. The van der Waals surface area contributed by atoms with Crippen molar-refractivity contribution in [2.24, 2.45) is 0 Å². The molecule has 4 rings (SSSR count). The maximum atomic E-state index is 16.9. The van der Waals surface area contributed by atoms with Crippen molar-refractivity contribution in [1.29, 1.82) is 0 Å². The Bertz CT molecular complexity index is 1570. The van der Waals surface area contributed by atoms with E-state index in [1.807, 2.05) is 0 Å². The van der Waals surface area contributed by atoms with E-state index >= 15 is 17.6 Å². The summed E-state index contributed by atoms with van der Waals surface area (Å²) >= 11 is -5.57. The van der Waals surface area contributed by atoms with Crippen LogP contribution < -0.4 is 18.4 Å². The average Bonchev–Trinajstić information content (AvgIpc) is 3.73. The summed E-state index contributed by atoms with van der Waals surface area (Å²) in [6, 6.07) is -0.0641. The number of nitrogens with one attached hydrogen (secondary N) is 2. The summed E-state index contributed by atoms with van der Waals surface area (Å²) in [4.78, 5) is 23.6. The summed E-state index contributed by atoms with van der Waals surface area (Å²) in [6.07, 6.45) is -2.21. The Morgan fingerprint density at radius 2 is 1.04 bits per heavy atom. The van der Waals surface area contributed by atoms with Gasteiger partial charge in [0.05, 0.1) is 0 Å². The van der Waals surface area contributed by atoms with Crippen molar-refractivity contribution in [3.8, 4) is 0 Å². The van der Waals surface area contributed by atoms with Crippen LogP contribution in [0, 0.1) is 23.3 Å². The zero-order valence-corrected chi connectivity index (χ0v) is 26.4. The van der Waals surface area contributed by atoms with Gasteiger partial charge < -0.3 is 0 Å². The average molecular weight is 710 g/mol. The summed E-state index contributed by atoms with van der Waals surface area (Å²) < 4.78 is 144. The van der Waals surface area contributed by atoms with E-state index in [-0.39, 0.29) is 33.4 Å². The van der Waals surface area contributed by atoms with Gasteiger partial charge in [-0.15, -0.1) is 0 Å². The van der Waals surface area contributed by atoms with Crippen LogP contribution >= 0.6 is 0 Å². The van der Waals surface area contributed by atoms with Crippen molar-refractivity contribution in [1.82, 2.24) is 10.6 Å². The molecule has 0 saturated heterocycles. The molecule has 0 fully saturated rings. The second-order valence-electron chi connectivity index (χ2n) is 10.9. The van der Waals surface area contributed by atoms with Crippen LogP contribution in [0.2, 0.25) is 0 Å². The topological polar surface area (TPSA) is 58.2 Å². The quantitative estimate of drug-likeness (QED) is 0.201. The fourth-order valence-corrected chi connectivity index (χ4v) is 14.4. The third-order valence-corrected chi connectivity index (χ3v) is 16.1. The first-order valence-electron chi connectivity index (χ1n) is 14.4. The number of amides is 2. The molecule has 2 aliphatic carbocycles. The third kappa shape index (κ3) is 6.85. The minimum absolute atomic E-state index is 0.0203. The molecule has 4 nitrogen and oxygen atoms in total. The van der Waals surface area contributed by atoms with Crippen LogP contribution in [0.15, 0.2) is 68.5 Å². The first kappa shape index (κ1) is 36.2. The van der Waals surface area contributed by atoms with Crippen LogP contribution in [0.1, 0.15) is 62.7 Å². The third-order valence-electron chi connectivity index (χ3n) is 8.19. The summed E-state index contributed by atoms with van der Waals surface area (Å²) in [7, 11) is 0. The Morgan fingerprint density at radius 1 is 0.681 bits per heavy atom. The van der Waals surface area contributed by atoms with E-state index in [9.17, 15) is 35.9 Å². The Hall–Kier alpha value is -3.65. The van der Waals surface area contributed by atoms with Crippen LogP contribution in [0.25, 0.3) is 0 Å². The van der Waals surface area contributed by atoms with Gasteiger partial charge in [0, 0.05) is 0 Å². The van der Waals surface area contributed by atoms with E-state index in [4.69, 9.17) is 0 Å². The number of hydrogen-bond donors (Lipinski definition) is 2. The molecule has 0 aliphatic heterocycles. The maximum absolute atomic E-state index is 16.9. The van der Waals surface area contributed by atoms with Gasteiger partial charge in [-0.05, 0) is 0 Å². The van der Waals surface area contributed by atoms with Crippen molar-refractivity contribution in [2.75, 3.05) is 0 Å². The van der Waals surface area contributed by atoms with Gasteiger partial charge in [-0.3, -0.25) is 0 Å². The van der Waals surface area contributed by atoms with Crippen LogP contribution in [-0.2, 0) is 26.2 Å². The predicted molar refractivity (Wildman–Crippen MR) is 150 cm³/mol. The molecule has 252 valence electrons. The first-order valence-corrected chi connectivity index (χ1v) is 17.6.